The van der Waals surface area contributed by atoms with Gasteiger partial charge in [0.25, 0.3) is 5.56 Å². The molecule has 4 heteroatoms. The zero-order valence-electron chi connectivity index (χ0n) is 12.4. The van der Waals surface area contributed by atoms with Gasteiger partial charge >= 0.3 is 0 Å². The van der Waals surface area contributed by atoms with Crippen LogP contribution in [0.1, 0.15) is 23.1 Å². The van der Waals surface area contributed by atoms with Crippen LogP contribution >= 0.6 is 0 Å². The lowest BCUT2D eigenvalue weighted by Crippen LogP contribution is -2.28. The monoisotopic (exact) mass is 284 g/mol. The standard InChI is InChI=1S/C17H20N2O2/c1-13-6-3-4-7-14(13)9-10-16(20)18-12-15-8-5-11-19(2)17(15)21/h3-8,11H,9-10,12H2,1-2H3,(H,18,20). The van der Waals surface area contributed by atoms with Crippen LogP contribution in [-0.2, 0) is 24.8 Å². The number of nitrogens with zero attached hydrogens (tertiary/aromatic N) is 1. The Balaban J connectivity index is 1.87. The molecule has 1 aromatic carbocycles. The van der Waals surface area contributed by atoms with Crippen LogP contribution in [0.25, 0.3) is 0 Å². The molecule has 0 atom stereocenters. The molecule has 4 nitrogen and oxygen atoms in total. The van der Waals surface area contributed by atoms with E-state index in [0.717, 1.165) is 0 Å². The molecule has 1 heterocycles. The number of aryl methyl sites for hydroxylation is 3. The van der Waals surface area contributed by atoms with Gasteiger partial charge in [0.1, 0.15) is 0 Å². The summed E-state index contributed by atoms with van der Waals surface area (Å²) in [6, 6.07) is 11.6. The molecule has 0 aliphatic heterocycles. The summed E-state index contributed by atoms with van der Waals surface area (Å²) in [4.78, 5) is 23.7. The smallest absolute Gasteiger partial charge is 0.255 e. The minimum absolute atomic E-state index is 0.0378. The number of carbonyl (C=O) groups excluding carboxylic acids is 1. The molecule has 0 saturated carbocycles. The predicted molar refractivity (Wildman–Crippen MR) is 83.0 cm³/mol. The van der Waals surface area contributed by atoms with Gasteiger partial charge in [-0.15, -0.1) is 0 Å². The van der Waals surface area contributed by atoms with Gasteiger partial charge < -0.3 is 9.88 Å². The van der Waals surface area contributed by atoms with Gasteiger partial charge in [-0.1, -0.05) is 30.3 Å². The van der Waals surface area contributed by atoms with Crippen LogP contribution in [0.15, 0.2) is 47.4 Å². The number of amides is 1. The van der Waals surface area contributed by atoms with Gasteiger partial charge in [-0.2, -0.15) is 0 Å². The number of hydrogen-bond acceptors (Lipinski definition) is 2. The Morgan fingerprint density at radius 2 is 1.86 bits per heavy atom. The summed E-state index contributed by atoms with van der Waals surface area (Å²) in [6.07, 6.45) is 2.84. The van der Waals surface area contributed by atoms with Gasteiger partial charge in [0, 0.05) is 31.8 Å². The fraction of sp³-hybridized carbons (Fsp3) is 0.294. The van der Waals surface area contributed by atoms with Crippen LogP contribution in [0.4, 0.5) is 0 Å². The molecule has 1 aromatic heterocycles. The van der Waals surface area contributed by atoms with E-state index in [0.29, 0.717) is 18.4 Å². The molecule has 2 aromatic rings. The van der Waals surface area contributed by atoms with Crippen LogP contribution in [0.5, 0.6) is 0 Å². The molecule has 1 amide bonds. The SMILES string of the molecule is Cc1ccccc1CCC(=O)NCc1cccn(C)c1=O. The zero-order chi connectivity index (χ0) is 15.2. The number of aromatic nitrogens is 1. The van der Waals surface area contributed by atoms with E-state index in [-0.39, 0.29) is 18.0 Å². The van der Waals surface area contributed by atoms with E-state index in [1.54, 1.807) is 25.4 Å². The number of nitrogens with one attached hydrogen (secondary N) is 1. The lowest BCUT2D eigenvalue weighted by Gasteiger charge is -2.07. The van der Waals surface area contributed by atoms with E-state index in [4.69, 9.17) is 0 Å². The van der Waals surface area contributed by atoms with Gasteiger partial charge in [0.2, 0.25) is 5.91 Å². The van der Waals surface area contributed by atoms with Gasteiger partial charge in [-0.3, -0.25) is 9.59 Å². The van der Waals surface area contributed by atoms with E-state index in [1.165, 1.54) is 15.7 Å². The Kier molecular flexibility index (Phi) is 4.93. The number of rotatable bonds is 5. The largest absolute Gasteiger partial charge is 0.352 e. The molecule has 0 bridgehead atoms. The second-order valence-corrected chi connectivity index (χ2v) is 5.15. The maximum Gasteiger partial charge on any atom is 0.255 e. The van der Waals surface area contributed by atoms with Crippen LogP contribution in [0.2, 0.25) is 0 Å². The first kappa shape index (κ1) is 15.0. The fourth-order valence-electron chi connectivity index (χ4n) is 2.21. The molecule has 0 saturated heterocycles. The maximum absolute atomic E-state index is 11.9. The van der Waals surface area contributed by atoms with Crippen LogP contribution in [-0.4, -0.2) is 10.5 Å². The highest BCUT2D eigenvalue weighted by Gasteiger charge is 2.06. The Labute approximate surface area is 124 Å². The molecule has 0 spiro atoms. The lowest BCUT2D eigenvalue weighted by atomic mass is 10.0. The lowest BCUT2D eigenvalue weighted by molar-refractivity contribution is -0.121. The highest BCUT2D eigenvalue weighted by Crippen LogP contribution is 2.09. The fourth-order valence-corrected chi connectivity index (χ4v) is 2.21. The number of carbonyl (C=O) groups is 1. The topological polar surface area (TPSA) is 51.1 Å². The van der Waals surface area contributed by atoms with Gasteiger partial charge in [0.05, 0.1) is 0 Å². The van der Waals surface area contributed by atoms with E-state index < -0.39 is 0 Å². The van der Waals surface area contributed by atoms with Crippen LogP contribution in [0, 0.1) is 6.92 Å². The van der Waals surface area contributed by atoms with Crippen molar-refractivity contribution in [2.24, 2.45) is 7.05 Å². The average molecular weight is 284 g/mol. The Bertz CT molecular complexity index is 689. The first-order valence-electron chi connectivity index (χ1n) is 7.03. The number of benzene rings is 1. The van der Waals surface area contributed by atoms with Crippen molar-refractivity contribution < 1.29 is 4.79 Å². The van der Waals surface area contributed by atoms with Gasteiger partial charge in [0.15, 0.2) is 0 Å². The molecule has 0 aliphatic rings. The minimum Gasteiger partial charge on any atom is -0.352 e. The van der Waals surface area contributed by atoms with Crippen molar-refractivity contribution in [2.75, 3.05) is 0 Å². The first-order chi connectivity index (χ1) is 10.1. The molecule has 2 rings (SSSR count). The maximum atomic E-state index is 11.9. The summed E-state index contributed by atoms with van der Waals surface area (Å²) >= 11 is 0. The molecule has 0 fully saturated rings. The van der Waals surface area contributed by atoms with Crippen LogP contribution in [0.3, 0.4) is 0 Å². The third-order valence-electron chi connectivity index (χ3n) is 3.56. The summed E-state index contributed by atoms with van der Waals surface area (Å²) in [6.45, 7) is 2.32. The molecule has 110 valence electrons. The first-order valence-corrected chi connectivity index (χ1v) is 7.03. The zero-order valence-corrected chi connectivity index (χ0v) is 12.4. The molecule has 21 heavy (non-hydrogen) atoms. The molecule has 0 radical (unpaired) electrons. The van der Waals surface area contributed by atoms with E-state index in [2.05, 4.69) is 5.32 Å². The quantitative estimate of drug-likeness (QED) is 0.912. The van der Waals surface area contributed by atoms with Crippen molar-refractivity contribution in [3.05, 3.63) is 69.6 Å². The normalized spacial score (nSPS) is 10.4. The third kappa shape index (κ3) is 4.05. The highest BCUT2D eigenvalue weighted by atomic mass is 16.1. The average Bonchev–Trinajstić information content (AvgIpc) is 2.48. The second-order valence-electron chi connectivity index (χ2n) is 5.15. The minimum atomic E-state index is -0.0725. The van der Waals surface area contributed by atoms with Crippen LogP contribution < -0.4 is 10.9 Å². The summed E-state index contributed by atoms with van der Waals surface area (Å²) in [5, 5.41) is 2.80. The van der Waals surface area contributed by atoms with Crippen molar-refractivity contribution in [3.63, 3.8) is 0 Å². The van der Waals surface area contributed by atoms with E-state index >= 15 is 0 Å². The molecule has 1 N–H and O–H groups in total. The summed E-state index contributed by atoms with van der Waals surface area (Å²) in [5.41, 5.74) is 2.91. The van der Waals surface area contributed by atoms with E-state index in [9.17, 15) is 9.59 Å². The number of hydrogen-bond donors (Lipinski definition) is 1. The highest BCUT2D eigenvalue weighted by molar-refractivity contribution is 5.76. The van der Waals surface area contributed by atoms with Crippen molar-refractivity contribution in [3.8, 4) is 0 Å². The Morgan fingerprint density at radius 1 is 1.14 bits per heavy atom. The Hall–Kier alpha value is -2.36. The summed E-state index contributed by atoms with van der Waals surface area (Å²) in [5.74, 6) is -0.0378. The number of pyridine rings is 1. The second kappa shape index (κ2) is 6.88. The van der Waals surface area contributed by atoms with Gasteiger partial charge in [-0.25, -0.2) is 0 Å². The predicted octanol–water partition coefficient (Wildman–Crippen LogP) is 1.94. The van der Waals surface area contributed by atoms with E-state index in [1.807, 2.05) is 31.2 Å². The summed E-state index contributed by atoms with van der Waals surface area (Å²) in [7, 11) is 1.70. The third-order valence-corrected chi connectivity index (χ3v) is 3.56. The van der Waals surface area contributed by atoms with Crippen molar-refractivity contribution in [1.29, 1.82) is 0 Å². The van der Waals surface area contributed by atoms with Crippen molar-refractivity contribution in [2.45, 2.75) is 26.3 Å². The van der Waals surface area contributed by atoms with Crippen molar-refractivity contribution >= 4 is 5.91 Å². The Morgan fingerprint density at radius 3 is 2.62 bits per heavy atom. The molecule has 0 unspecified atom stereocenters. The summed E-state index contributed by atoms with van der Waals surface area (Å²) < 4.78 is 1.51. The molecule has 0 aliphatic carbocycles. The molecular formula is C17H20N2O2. The van der Waals surface area contributed by atoms with Crippen molar-refractivity contribution in [1.82, 2.24) is 9.88 Å². The molecular weight excluding hydrogens is 264 g/mol. The van der Waals surface area contributed by atoms with Gasteiger partial charge in [-0.05, 0) is 30.5 Å².